The average Bonchev–Trinajstić information content (AvgIpc) is 2.62. The third kappa shape index (κ3) is 5.21. The number of rotatable bonds is 6. The molecule has 2 N–H and O–H groups in total. The fraction of sp³-hybridized carbons (Fsp3) is 0.667. The summed E-state index contributed by atoms with van der Waals surface area (Å²) in [6.07, 6.45) is 2.33. The van der Waals surface area contributed by atoms with Crippen LogP contribution in [-0.4, -0.2) is 56.3 Å². The van der Waals surface area contributed by atoms with E-state index in [2.05, 4.69) is 60.6 Å². The fourth-order valence-electron chi connectivity index (χ4n) is 3.59. The molecule has 2 saturated heterocycles. The number of piperidine rings is 1. The van der Waals surface area contributed by atoms with Crippen LogP contribution in [0.5, 0.6) is 0 Å². The third-order valence-electron chi connectivity index (χ3n) is 5.45. The van der Waals surface area contributed by atoms with Crippen molar-refractivity contribution in [2.45, 2.75) is 46.2 Å². The maximum Gasteiger partial charge on any atom is 0.191 e. The molecule has 0 atom stereocenters. The van der Waals surface area contributed by atoms with Crippen LogP contribution in [0.25, 0.3) is 0 Å². The van der Waals surface area contributed by atoms with Gasteiger partial charge in [-0.2, -0.15) is 0 Å². The minimum atomic E-state index is 0.221. The molecule has 0 bridgehead atoms. The van der Waals surface area contributed by atoms with Gasteiger partial charge in [-0.15, -0.1) is 0 Å². The van der Waals surface area contributed by atoms with Crippen molar-refractivity contribution < 1.29 is 4.74 Å². The van der Waals surface area contributed by atoms with E-state index in [1.54, 1.807) is 0 Å². The van der Waals surface area contributed by atoms with Crippen LogP contribution in [0, 0.1) is 12.3 Å². The van der Waals surface area contributed by atoms with Gasteiger partial charge in [-0.25, -0.2) is 0 Å². The van der Waals surface area contributed by atoms with Crippen molar-refractivity contribution in [2.24, 2.45) is 10.4 Å². The number of ether oxygens (including phenoxy) is 1. The molecule has 0 amide bonds. The average molecular weight is 359 g/mol. The predicted octanol–water partition coefficient (Wildman–Crippen LogP) is 2.55. The van der Waals surface area contributed by atoms with Gasteiger partial charge in [0.2, 0.25) is 0 Å². The molecule has 5 heteroatoms. The highest BCUT2D eigenvalue weighted by atomic mass is 16.5. The molecule has 144 valence electrons. The molecule has 2 heterocycles. The highest BCUT2D eigenvalue weighted by molar-refractivity contribution is 5.80. The number of likely N-dealkylation sites (tertiary alicyclic amines) is 1. The Hall–Kier alpha value is -1.59. The lowest BCUT2D eigenvalue weighted by atomic mass is 9.89. The first-order chi connectivity index (χ1) is 12.6. The zero-order chi connectivity index (χ0) is 18.4. The second kappa shape index (κ2) is 8.87. The molecule has 0 aliphatic carbocycles. The summed E-state index contributed by atoms with van der Waals surface area (Å²) in [5, 5.41) is 7.04. The topological polar surface area (TPSA) is 48.9 Å². The van der Waals surface area contributed by atoms with Gasteiger partial charge in [0.15, 0.2) is 5.96 Å². The van der Waals surface area contributed by atoms with Gasteiger partial charge in [0.25, 0.3) is 0 Å². The first-order valence-corrected chi connectivity index (χ1v) is 9.97. The molecule has 2 aliphatic heterocycles. The Balaban J connectivity index is 1.47. The summed E-state index contributed by atoms with van der Waals surface area (Å²) >= 11 is 0. The Morgan fingerprint density at radius 3 is 2.62 bits per heavy atom. The fourth-order valence-corrected chi connectivity index (χ4v) is 3.59. The molecule has 1 aromatic carbocycles. The first-order valence-electron chi connectivity index (χ1n) is 9.97. The quantitative estimate of drug-likeness (QED) is 0.606. The summed E-state index contributed by atoms with van der Waals surface area (Å²) in [6.45, 7) is 13.3. The van der Waals surface area contributed by atoms with Crippen molar-refractivity contribution in [3.05, 3.63) is 35.4 Å². The zero-order valence-electron chi connectivity index (χ0n) is 16.6. The van der Waals surface area contributed by atoms with Crippen molar-refractivity contribution in [3.63, 3.8) is 0 Å². The summed E-state index contributed by atoms with van der Waals surface area (Å²) in [6, 6.07) is 9.22. The van der Waals surface area contributed by atoms with Gasteiger partial charge in [-0.1, -0.05) is 31.2 Å². The Kier molecular flexibility index (Phi) is 6.54. The lowest BCUT2D eigenvalue weighted by molar-refractivity contribution is -0.0945. The normalized spacial score (nSPS) is 21.3. The van der Waals surface area contributed by atoms with Crippen LogP contribution in [0.1, 0.15) is 37.8 Å². The molecular formula is C21H34N4O. The van der Waals surface area contributed by atoms with Crippen LogP contribution >= 0.6 is 0 Å². The maximum atomic E-state index is 5.33. The Bertz CT molecular complexity index is 604. The van der Waals surface area contributed by atoms with E-state index in [0.29, 0.717) is 6.04 Å². The number of guanidine groups is 1. The van der Waals surface area contributed by atoms with Crippen LogP contribution in [0.4, 0.5) is 0 Å². The number of aryl methyl sites for hydroxylation is 1. The smallest absolute Gasteiger partial charge is 0.191 e. The van der Waals surface area contributed by atoms with Crippen LogP contribution < -0.4 is 10.6 Å². The lowest BCUT2D eigenvalue weighted by Gasteiger charge is -2.37. The van der Waals surface area contributed by atoms with E-state index in [1.165, 1.54) is 11.1 Å². The highest BCUT2D eigenvalue weighted by Crippen LogP contribution is 2.26. The molecule has 2 fully saturated rings. The van der Waals surface area contributed by atoms with Crippen molar-refractivity contribution in [2.75, 3.05) is 39.4 Å². The minimum Gasteiger partial charge on any atom is -0.380 e. The second-order valence-corrected chi connectivity index (χ2v) is 8.12. The SMILES string of the molecule is CCNC(=NCC1(C)COC1)NC1CCN(Cc2ccccc2C)CC1. The minimum absolute atomic E-state index is 0.221. The molecule has 3 rings (SSSR count). The summed E-state index contributed by atoms with van der Waals surface area (Å²) in [5.41, 5.74) is 3.06. The van der Waals surface area contributed by atoms with Gasteiger partial charge in [-0.3, -0.25) is 9.89 Å². The molecule has 0 unspecified atom stereocenters. The van der Waals surface area contributed by atoms with Gasteiger partial charge in [0.05, 0.1) is 19.8 Å². The van der Waals surface area contributed by atoms with Gasteiger partial charge in [-0.05, 0) is 37.8 Å². The molecule has 26 heavy (non-hydrogen) atoms. The zero-order valence-corrected chi connectivity index (χ0v) is 16.6. The van der Waals surface area contributed by atoms with Crippen LogP contribution in [-0.2, 0) is 11.3 Å². The standard InChI is InChI=1S/C21H34N4O/c1-4-22-20(23-14-21(3)15-26-16-21)24-19-9-11-25(12-10-19)13-18-8-6-5-7-17(18)2/h5-8,19H,4,9-16H2,1-3H3,(H2,22,23,24). The first kappa shape index (κ1) is 19.2. The second-order valence-electron chi connectivity index (χ2n) is 8.12. The summed E-state index contributed by atoms with van der Waals surface area (Å²) < 4.78 is 5.33. The van der Waals surface area contributed by atoms with Crippen LogP contribution in [0.2, 0.25) is 0 Å². The van der Waals surface area contributed by atoms with Crippen molar-refractivity contribution in [3.8, 4) is 0 Å². The van der Waals surface area contributed by atoms with Gasteiger partial charge in [0.1, 0.15) is 0 Å². The number of nitrogens with one attached hydrogen (secondary N) is 2. The van der Waals surface area contributed by atoms with Crippen molar-refractivity contribution >= 4 is 5.96 Å². The van der Waals surface area contributed by atoms with E-state index in [1.807, 2.05) is 0 Å². The number of nitrogens with zero attached hydrogens (tertiary/aromatic N) is 2. The molecule has 0 saturated carbocycles. The van der Waals surface area contributed by atoms with Gasteiger partial charge in [0, 0.05) is 37.6 Å². The molecule has 1 aromatic rings. The monoisotopic (exact) mass is 358 g/mol. The third-order valence-corrected chi connectivity index (χ3v) is 5.45. The molecule has 5 nitrogen and oxygen atoms in total. The van der Waals surface area contributed by atoms with Crippen LogP contribution in [0.3, 0.4) is 0 Å². The number of hydrogen-bond acceptors (Lipinski definition) is 3. The maximum absolute atomic E-state index is 5.33. The Morgan fingerprint density at radius 2 is 2.00 bits per heavy atom. The molecule has 0 spiro atoms. The van der Waals surface area contributed by atoms with Crippen molar-refractivity contribution in [1.82, 2.24) is 15.5 Å². The van der Waals surface area contributed by atoms with E-state index in [9.17, 15) is 0 Å². The lowest BCUT2D eigenvalue weighted by Crippen LogP contribution is -2.49. The summed E-state index contributed by atoms with van der Waals surface area (Å²) in [4.78, 5) is 7.37. The Labute approximate surface area is 158 Å². The summed E-state index contributed by atoms with van der Waals surface area (Å²) in [5.74, 6) is 0.956. The van der Waals surface area contributed by atoms with E-state index >= 15 is 0 Å². The molecule has 2 aliphatic rings. The highest BCUT2D eigenvalue weighted by Gasteiger charge is 2.33. The number of hydrogen-bond donors (Lipinski definition) is 2. The predicted molar refractivity (Wildman–Crippen MR) is 108 cm³/mol. The van der Waals surface area contributed by atoms with E-state index in [-0.39, 0.29) is 5.41 Å². The van der Waals surface area contributed by atoms with Gasteiger partial charge >= 0.3 is 0 Å². The van der Waals surface area contributed by atoms with Crippen molar-refractivity contribution in [1.29, 1.82) is 0 Å². The number of aliphatic imine (C=N–C) groups is 1. The molecular weight excluding hydrogens is 324 g/mol. The molecule has 0 aromatic heterocycles. The molecule has 0 radical (unpaired) electrons. The largest absolute Gasteiger partial charge is 0.380 e. The van der Waals surface area contributed by atoms with Crippen LogP contribution in [0.15, 0.2) is 29.3 Å². The van der Waals surface area contributed by atoms with E-state index in [4.69, 9.17) is 9.73 Å². The van der Waals surface area contributed by atoms with E-state index in [0.717, 1.165) is 64.7 Å². The van der Waals surface area contributed by atoms with Gasteiger partial charge < -0.3 is 15.4 Å². The number of benzene rings is 1. The Morgan fingerprint density at radius 1 is 1.27 bits per heavy atom. The summed E-state index contributed by atoms with van der Waals surface area (Å²) in [7, 11) is 0. The van der Waals surface area contributed by atoms with E-state index < -0.39 is 0 Å².